The molecule has 13 heavy (non-hydrogen) atoms. The van der Waals surface area contributed by atoms with Gasteiger partial charge in [0.15, 0.2) is 0 Å². The highest BCUT2D eigenvalue weighted by atomic mass is 35.5. The Kier molecular flexibility index (Phi) is 3.97. The zero-order valence-electron chi connectivity index (χ0n) is 7.56. The van der Waals surface area contributed by atoms with Crippen LogP contribution < -0.4 is 0 Å². The highest BCUT2D eigenvalue weighted by Gasteiger charge is 1.98. The summed E-state index contributed by atoms with van der Waals surface area (Å²) in [6.45, 7) is 1.77. The molecule has 0 radical (unpaired) electrons. The van der Waals surface area contributed by atoms with E-state index in [1.54, 1.807) is 13.0 Å². The van der Waals surface area contributed by atoms with Gasteiger partial charge in [0, 0.05) is 5.88 Å². The van der Waals surface area contributed by atoms with Gasteiger partial charge in [-0.1, -0.05) is 24.3 Å². The van der Waals surface area contributed by atoms with Crippen LogP contribution in [0.1, 0.15) is 17.5 Å². The maximum absolute atomic E-state index is 13.0. The summed E-state index contributed by atoms with van der Waals surface area (Å²) in [6.07, 6.45) is 4.67. The van der Waals surface area contributed by atoms with Crippen molar-refractivity contribution in [3.05, 3.63) is 41.2 Å². The van der Waals surface area contributed by atoms with Crippen LogP contribution in [0.5, 0.6) is 0 Å². The molecule has 2 heteroatoms. The molecule has 0 saturated carbocycles. The number of halogens is 2. The number of allylic oxidation sites excluding steroid dienone is 1. The van der Waals surface area contributed by atoms with Crippen LogP contribution in [0.4, 0.5) is 4.39 Å². The van der Waals surface area contributed by atoms with E-state index in [9.17, 15) is 4.39 Å². The first-order valence-corrected chi connectivity index (χ1v) is 4.77. The summed E-state index contributed by atoms with van der Waals surface area (Å²) in [6, 6.07) is 5.07. The van der Waals surface area contributed by atoms with Gasteiger partial charge >= 0.3 is 0 Å². The van der Waals surface area contributed by atoms with Crippen molar-refractivity contribution in [3.8, 4) is 0 Å². The first kappa shape index (κ1) is 10.3. The summed E-state index contributed by atoms with van der Waals surface area (Å²) in [4.78, 5) is 0. The van der Waals surface area contributed by atoms with Gasteiger partial charge < -0.3 is 0 Å². The third-order valence-corrected chi connectivity index (χ3v) is 2.10. The van der Waals surface area contributed by atoms with E-state index in [2.05, 4.69) is 0 Å². The fourth-order valence-electron chi connectivity index (χ4n) is 1.08. The predicted molar refractivity (Wildman–Crippen MR) is 55.5 cm³/mol. The van der Waals surface area contributed by atoms with Gasteiger partial charge in [-0.2, -0.15) is 0 Å². The molecule has 0 amide bonds. The number of hydrogen-bond donors (Lipinski definition) is 0. The standard InChI is InChI=1S/C11H12ClF/c1-9-10(5-2-3-8-12)6-4-7-11(9)13/h2,4-7H,3,8H2,1H3. The minimum atomic E-state index is -0.159. The minimum Gasteiger partial charge on any atom is -0.207 e. The van der Waals surface area contributed by atoms with Crippen LogP contribution in [0, 0.1) is 12.7 Å². The lowest BCUT2D eigenvalue weighted by Gasteiger charge is -2.00. The van der Waals surface area contributed by atoms with E-state index >= 15 is 0 Å². The van der Waals surface area contributed by atoms with Crippen molar-refractivity contribution < 1.29 is 4.39 Å². The first-order chi connectivity index (χ1) is 6.25. The van der Waals surface area contributed by atoms with Crippen LogP contribution in [-0.4, -0.2) is 5.88 Å². The lowest BCUT2D eigenvalue weighted by Crippen LogP contribution is -1.85. The first-order valence-electron chi connectivity index (χ1n) is 4.23. The van der Waals surface area contributed by atoms with Crippen LogP contribution >= 0.6 is 11.6 Å². The predicted octanol–water partition coefficient (Wildman–Crippen LogP) is 3.78. The second-order valence-corrected chi connectivity index (χ2v) is 3.21. The van der Waals surface area contributed by atoms with Crippen molar-refractivity contribution in [2.75, 3.05) is 5.88 Å². The molecule has 0 unspecified atom stereocenters. The van der Waals surface area contributed by atoms with E-state index in [-0.39, 0.29) is 5.82 Å². The molecule has 0 aliphatic carbocycles. The third kappa shape index (κ3) is 2.85. The van der Waals surface area contributed by atoms with Crippen molar-refractivity contribution in [2.24, 2.45) is 0 Å². The molecule has 1 rings (SSSR count). The van der Waals surface area contributed by atoms with Crippen molar-refractivity contribution in [3.63, 3.8) is 0 Å². The molecule has 0 saturated heterocycles. The second-order valence-electron chi connectivity index (χ2n) is 2.83. The Morgan fingerprint density at radius 1 is 1.46 bits per heavy atom. The van der Waals surface area contributed by atoms with E-state index in [1.807, 2.05) is 18.2 Å². The smallest absolute Gasteiger partial charge is 0.126 e. The minimum absolute atomic E-state index is 0.159. The Hall–Kier alpha value is -0.820. The zero-order chi connectivity index (χ0) is 9.68. The summed E-state index contributed by atoms with van der Waals surface area (Å²) in [7, 11) is 0. The molecule has 0 aromatic heterocycles. The molecule has 0 atom stereocenters. The normalized spacial score (nSPS) is 11.0. The van der Waals surface area contributed by atoms with Crippen LogP contribution in [0.2, 0.25) is 0 Å². The average Bonchev–Trinajstić information content (AvgIpc) is 2.13. The summed E-state index contributed by atoms with van der Waals surface area (Å²) in [5, 5.41) is 0. The van der Waals surface area contributed by atoms with Crippen molar-refractivity contribution in [2.45, 2.75) is 13.3 Å². The summed E-state index contributed by atoms with van der Waals surface area (Å²) >= 11 is 5.51. The number of hydrogen-bond acceptors (Lipinski definition) is 0. The molecule has 0 bridgehead atoms. The molecular formula is C11H12ClF. The van der Waals surface area contributed by atoms with Crippen LogP contribution in [-0.2, 0) is 0 Å². The molecule has 0 N–H and O–H groups in total. The largest absolute Gasteiger partial charge is 0.207 e. The van der Waals surface area contributed by atoms with Gasteiger partial charge in [0.2, 0.25) is 0 Å². The summed E-state index contributed by atoms with van der Waals surface area (Å²) in [5.41, 5.74) is 1.61. The van der Waals surface area contributed by atoms with Crippen molar-refractivity contribution in [1.82, 2.24) is 0 Å². The van der Waals surface area contributed by atoms with Gasteiger partial charge in [0.25, 0.3) is 0 Å². The van der Waals surface area contributed by atoms with E-state index in [1.165, 1.54) is 6.07 Å². The monoisotopic (exact) mass is 198 g/mol. The van der Waals surface area contributed by atoms with Gasteiger partial charge in [0.05, 0.1) is 0 Å². The van der Waals surface area contributed by atoms with Crippen molar-refractivity contribution >= 4 is 17.7 Å². The average molecular weight is 199 g/mol. The molecule has 70 valence electrons. The number of benzene rings is 1. The molecule has 0 nitrogen and oxygen atoms in total. The molecule has 0 aliphatic rings. The zero-order valence-corrected chi connectivity index (χ0v) is 8.31. The van der Waals surface area contributed by atoms with E-state index in [0.29, 0.717) is 11.4 Å². The maximum atomic E-state index is 13.0. The van der Waals surface area contributed by atoms with Gasteiger partial charge in [-0.05, 0) is 30.5 Å². The summed E-state index contributed by atoms with van der Waals surface area (Å²) < 4.78 is 13.0. The Morgan fingerprint density at radius 2 is 2.23 bits per heavy atom. The second kappa shape index (κ2) is 5.03. The lowest BCUT2D eigenvalue weighted by molar-refractivity contribution is 0.618. The fourth-order valence-corrected chi connectivity index (χ4v) is 1.20. The van der Waals surface area contributed by atoms with Gasteiger partial charge in [-0.25, -0.2) is 4.39 Å². The van der Waals surface area contributed by atoms with E-state index in [4.69, 9.17) is 11.6 Å². The highest BCUT2D eigenvalue weighted by Crippen LogP contribution is 2.13. The maximum Gasteiger partial charge on any atom is 0.126 e. The van der Waals surface area contributed by atoms with E-state index in [0.717, 1.165) is 12.0 Å². The molecule has 0 heterocycles. The Balaban J connectivity index is 2.83. The molecule has 0 fully saturated rings. The van der Waals surface area contributed by atoms with Gasteiger partial charge in [0.1, 0.15) is 5.82 Å². The molecule has 1 aromatic carbocycles. The Morgan fingerprint density at radius 3 is 2.92 bits per heavy atom. The number of rotatable bonds is 3. The molecule has 0 aliphatic heterocycles. The van der Waals surface area contributed by atoms with E-state index < -0.39 is 0 Å². The fraction of sp³-hybridized carbons (Fsp3) is 0.273. The van der Waals surface area contributed by atoms with Crippen molar-refractivity contribution in [1.29, 1.82) is 0 Å². The lowest BCUT2D eigenvalue weighted by atomic mass is 10.1. The molecular weight excluding hydrogens is 187 g/mol. The quantitative estimate of drug-likeness (QED) is 0.649. The topological polar surface area (TPSA) is 0 Å². The van der Waals surface area contributed by atoms with Crippen LogP contribution in [0.3, 0.4) is 0 Å². The highest BCUT2D eigenvalue weighted by molar-refractivity contribution is 6.17. The van der Waals surface area contributed by atoms with Gasteiger partial charge in [-0.15, -0.1) is 11.6 Å². The van der Waals surface area contributed by atoms with Gasteiger partial charge in [-0.3, -0.25) is 0 Å². The Labute approximate surface area is 83.0 Å². The Bertz CT molecular complexity index is 305. The SMILES string of the molecule is Cc1c(F)cccc1C=CCCCl. The number of alkyl halides is 1. The summed E-state index contributed by atoms with van der Waals surface area (Å²) in [5.74, 6) is 0.443. The molecule has 0 spiro atoms. The van der Waals surface area contributed by atoms with Crippen LogP contribution in [0.25, 0.3) is 6.08 Å². The molecule has 1 aromatic rings. The third-order valence-electron chi connectivity index (χ3n) is 1.88. The van der Waals surface area contributed by atoms with Crippen LogP contribution in [0.15, 0.2) is 24.3 Å².